The van der Waals surface area contributed by atoms with Gasteiger partial charge < -0.3 is 19.7 Å². The van der Waals surface area contributed by atoms with E-state index in [4.69, 9.17) is 9.47 Å². The number of methoxy groups -OCH3 is 1. The van der Waals surface area contributed by atoms with Crippen LogP contribution >= 0.6 is 0 Å². The van der Waals surface area contributed by atoms with Gasteiger partial charge in [0.2, 0.25) is 0 Å². The van der Waals surface area contributed by atoms with Crippen LogP contribution in [0.1, 0.15) is 18.0 Å². The molecule has 2 rings (SSSR count). The van der Waals surface area contributed by atoms with Crippen LogP contribution in [0.5, 0.6) is 0 Å². The van der Waals surface area contributed by atoms with Crippen LogP contribution in [-0.2, 0) is 9.47 Å². The van der Waals surface area contributed by atoms with Crippen LogP contribution in [0.3, 0.4) is 0 Å². The number of hydrogen-bond donors (Lipinski definition) is 1. The lowest BCUT2D eigenvalue weighted by molar-refractivity contribution is 0.0635. The first kappa shape index (κ1) is 15.4. The van der Waals surface area contributed by atoms with E-state index in [1.807, 2.05) is 0 Å². The lowest BCUT2D eigenvalue weighted by Crippen LogP contribution is -2.46. The van der Waals surface area contributed by atoms with Crippen LogP contribution in [0, 0.1) is 0 Å². The number of benzene rings is 1. The highest BCUT2D eigenvalue weighted by Crippen LogP contribution is 2.16. The molecule has 1 saturated heterocycles. The Morgan fingerprint density at radius 2 is 2.05 bits per heavy atom. The molecule has 0 aliphatic carbocycles. The van der Waals surface area contributed by atoms with Crippen LogP contribution in [-0.4, -0.2) is 58.0 Å². The molecule has 1 N–H and O–H groups in total. The van der Waals surface area contributed by atoms with E-state index in [1.54, 1.807) is 7.11 Å². The molecule has 1 fully saturated rings. The van der Waals surface area contributed by atoms with Gasteiger partial charge in [-0.1, -0.05) is 30.3 Å². The first-order chi connectivity index (χ1) is 9.90. The number of rotatable bonds is 8. The molecule has 1 heterocycles. The summed E-state index contributed by atoms with van der Waals surface area (Å²) in [5, 5.41) is 3.59. The maximum absolute atomic E-state index is 5.51. The van der Waals surface area contributed by atoms with Gasteiger partial charge in [0.15, 0.2) is 0 Å². The van der Waals surface area contributed by atoms with Crippen molar-refractivity contribution in [3.63, 3.8) is 0 Å². The summed E-state index contributed by atoms with van der Waals surface area (Å²) in [6.07, 6.45) is 1.09. The maximum Gasteiger partial charge on any atom is 0.0700 e. The second-order valence-corrected chi connectivity index (χ2v) is 5.18. The number of hydrogen-bond acceptors (Lipinski definition) is 4. The van der Waals surface area contributed by atoms with Gasteiger partial charge in [-0.25, -0.2) is 0 Å². The van der Waals surface area contributed by atoms with Crippen LogP contribution in [0.15, 0.2) is 30.3 Å². The number of nitrogens with zero attached hydrogens (tertiary/aromatic N) is 1. The quantitative estimate of drug-likeness (QED) is 0.734. The highest BCUT2D eigenvalue weighted by atomic mass is 16.5. The molecule has 0 spiro atoms. The monoisotopic (exact) mass is 278 g/mol. The fraction of sp³-hybridized carbons (Fsp3) is 0.625. The van der Waals surface area contributed by atoms with E-state index in [9.17, 15) is 0 Å². The van der Waals surface area contributed by atoms with E-state index in [2.05, 4.69) is 40.5 Å². The maximum atomic E-state index is 5.51. The van der Waals surface area contributed by atoms with Gasteiger partial charge in [-0.3, -0.25) is 0 Å². The van der Waals surface area contributed by atoms with Crippen LogP contribution in [0.2, 0.25) is 0 Å². The summed E-state index contributed by atoms with van der Waals surface area (Å²) in [6, 6.07) is 11.2. The number of piperazine rings is 1. The van der Waals surface area contributed by atoms with E-state index in [-0.39, 0.29) is 0 Å². The summed E-state index contributed by atoms with van der Waals surface area (Å²) in [5.74, 6) is 0. The zero-order chi connectivity index (χ0) is 14.0. The molecule has 0 aromatic heterocycles. The average Bonchev–Trinajstić information content (AvgIpc) is 2.52. The third-order valence-electron chi connectivity index (χ3n) is 3.66. The minimum Gasteiger partial charge on any atom is -0.382 e. The highest BCUT2D eigenvalue weighted by molar-refractivity contribution is 5.19. The number of nitrogens with one attached hydrogen (secondary N) is 1. The molecule has 1 aliphatic heterocycles. The van der Waals surface area contributed by atoms with Crippen LogP contribution < -0.4 is 5.32 Å². The van der Waals surface area contributed by atoms with Crippen molar-refractivity contribution >= 4 is 0 Å². The topological polar surface area (TPSA) is 33.7 Å². The Labute approximate surface area is 122 Å². The summed E-state index contributed by atoms with van der Waals surface area (Å²) in [4.78, 5) is 2.52. The minimum atomic E-state index is 0.458. The largest absolute Gasteiger partial charge is 0.382 e. The van der Waals surface area contributed by atoms with E-state index in [0.29, 0.717) is 19.3 Å². The van der Waals surface area contributed by atoms with Gasteiger partial charge in [-0.05, 0) is 12.0 Å². The van der Waals surface area contributed by atoms with Crippen molar-refractivity contribution in [3.05, 3.63) is 35.9 Å². The van der Waals surface area contributed by atoms with E-state index in [0.717, 1.165) is 39.2 Å². The smallest absolute Gasteiger partial charge is 0.0700 e. The molecular formula is C16H26N2O2. The van der Waals surface area contributed by atoms with E-state index < -0.39 is 0 Å². The first-order valence-corrected chi connectivity index (χ1v) is 7.47. The molecule has 0 amide bonds. The molecule has 4 nitrogen and oxygen atoms in total. The summed E-state index contributed by atoms with van der Waals surface area (Å²) in [6.45, 7) is 6.59. The van der Waals surface area contributed by atoms with Gasteiger partial charge in [0.05, 0.1) is 13.2 Å². The fourth-order valence-corrected chi connectivity index (χ4v) is 2.56. The average molecular weight is 278 g/mol. The Kier molecular flexibility index (Phi) is 7.01. The molecule has 1 aromatic carbocycles. The van der Waals surface area contributed by atoms with Crippen molar-refractivity contribution in [3.8, 4) is 0 Å². The lowest BCUT2D eigenvalue weighted by atomic mass is 10.0. The third kappa shape index (κ3) is 5.21. The molecule has 1 aromatic rings. The van der Waals surface area contributed by atoms with Crippen molar-refractivity contribution in [2.75, 3.05) is 53.1 Å². The predicted molar refractivity (Wildman–Crippen MR) is 80.9 cm³/mol. The highest BCUT2D eigenvalue weighted by Gasteiger charge is 2.19. The lowest BCUT2D eigenvalue weighted by Gasteiger charge is -2.34. The molecule has 1 aliphatic rings. The Morgan fingerprint density at radius 1 is 1.20 bits per heavy atom. The van der Waals surface area contributed by atoms with Gasteiger partial charge in [-0.2, -0.15) is 0 Å². The second-order valence-electron chi connectivity index (χ2n) is 5.18. The van der Waals surface area contributed by atoms with Crippen LogP contribution in [0.4, 0.5) is 0 Å². The Bertz CT molecular complexity index is 359. The fourth-order valence-electron chi connectivity index (χ4n) is 2.56. The Hall–Kier alpha value is -0.940. The second kappa shape index (κ2) is 9.08. The summed E-state index contributed by atoms with van der Waals surface area (Å²) < 4.78 is 10.5. The Morgan fingerprint density at radius 3 is 2.85 bits per heavy atom. The van der Waals surface area contributed by atoms with Crippen molar-refractivity contribution in [2.24, 2.45) is 0 Å². The van der Waals surface area contributed by atoms with Gasteiger partial charge >= 0.3 is 0 Å². The SMILES string of the molecule is COCCOCCCN1CCNC(c2ccccc2)C1. The standard InChI is InChI=1S/C16H26N2O2/c1-19-12-13-20-11-5-9-18-10-8-17-16(14-18)15-6-3-2-4-7-15/h2-4,6-7,16-17H,5,8-14H2,1H3. The molecular weight excluding hydrogens is 252 g/mol. The molecule has 4 heteroatoms. The molecule has 1 atom stereocenters. The van der Waals surface area contributed by atoms with Crippen molar-refractivity contribution < 1.29 is 9.47 Å². The Balaban J connectivity index is 1.66. The molecule has 20 heavy (non-hydrogen) atoms. The zero-order valence-electron chi connectivity index (χ0n) is 12.4. The molecule has 0 bridgehead atoms. The number of ether oxygens (including phenoxy) is 2. The van der Waals surface area contributed by atoms with E-state index in [1.165, 1.54) is 5.56 Å². The van der Waals surface area contributed by atoms with Crippen molar-refractivity contribution in [1.82, 2.24) is 10.2 Å². The summed E-state index contributed by atoms with van der Waals surface area (Å²) in [5.41, 5.74) is 1.38. The van der Waals surface area contributed by atoms with Crippen molar-refractivity contribution in [2.45, 2.75) is 12.5 Å². The summed E-state index contributed by atoms with van der Waals surface area (Å²) >= 11 is 0. The molecule has 112 valence electrons. The zero-order valence-corrected chi connectivity index (χ0v) is 12.4. The first-order valence-electron chi connectivity index (χ1n) is 7.47. The predicted octanol–water partition coefficient (Wildman–Crippen LogP) is 1.69. The van der Waals surface area contributed by atoms with Gasteiger partial charge in [0.1, 0.15) is 0 Å². The molecule has 0 saturated carbocycles. The van der Waals surface area contributed by atoms with Gasteiger partial charge in [-0.15, -0.1) is 0 Å². The third-order valence-corrected chi connectivity index (χ3v) is 3.66. The normalized spacial score (nSPS) is 20.1. The van der Waals surface area contributed by atoms with Crippen molar-refractivity contribution in [1.29, 1.82) is 0 Å². The van der Waals surface area contributed by atoms with Crippen LogP contribution in [0.25, 0.3) is 0 Å². The minimum absolute atomic E-state index is 0.458. The van der Waals surface area contributed by atoms with Gasteiger partial charge in [0.25, 0.3) is 0 Å². The van der Waals surface area contributed by atoms with E-state index >= 15 is 0 Å². The van der Waals surface area contributed by atoms with Gasteiger partial charge in [0, 0.05) is 45.9 Å². The molecule has 0 radical (unpaired) electrons. The summed E-state index contributed by atoms with van der Waals surface area (Å²) in [7, 11) is 1.70. The molecule has 1 unspecified atom stereocenters.